The molecule has 1 unspecified atom stereocenters. The summed E-state index contributed by atoms with van der Waals surface area (Å²) in [5.74, 6) is 1.97. The molecule has 9 heteroatoms. The van der Waals surface area contributed by atoms with Crippen LogP contribution >= 0.6 is 11.3 Å². The second-order valence-corrected chi connectivity index (χ2v) is 8.94. The van der Waals surface area contributed by atoms with Crippen LogP contribution in [0.15, 0.2) is 64.8 Å². The number of hydrogen-bond donors (Lipinski definition) is 2. The highest BCUT2D eigenvalue weighted by molar-refractivity contribution is 7.17. The zero-order valence-corrected chi connectivity index (χ0v) is 20.6. The maximum atomic E-state index is 13.1. The molecule has 0 aliphatic carbocycles. The van der Waals surface area contributed by atoms with Crippen LogP contribution in [-0.2, 0) is 11.3 Å². The minimum absolute atomic E-state index is 0.158. The topological polar surface area (TPSA) is 96.9 Å². The molecule has 0 fully saturated rings. The number of thiophene rings is 1. The van der Waals surface area contributed by atoms with Crippen molar-refractivity contribution in [1.82, 2.24) is 14.9 Å². The van der Waals surface area contributed by atoms with E-state index in [1.54, 1.807) is 14.2 Å². The van der Waals surface area contributed by atoms with Gasteiger partial charge in [0.1, 0.15) is 34.9 Å². The van der Waals surface area contributed by atoms with Crippen LogP contribution in [0, 0.1) is 0 Å². The minimum atomic E-state index is -0.719. The van der Waals surface area contributed by atoms with Gasteiger partial charge < -0.3 is 24.3 Å². The number of aromatic amines is 1. The van der Waals surface area contributed by atoms with Gasteiger partial charge in [-0.15, -0.1) is 11.3 Å². The van der Waals surface area contributed by atoms with Crippen molar-refractivity contribution in [3.8, 4) is 22.6 Å². The Morgan fingerprint density at radius 3 is 2.69 bits per heavy atom. The van der Waals surface area contributed by atoms with Crippen molar-refractivity contribution in [3.63, 3.8) is 0 Å². The Labute approximate surface area is 207 Å². The van der Waals surface area contributed by atoms with Gasteiger partial charge in [0.2, 0.25) is 0 Å². The summed E-state index contributed by atoms with van der Waals surface area (Å²) >= 11 is 1.43. The number of benzene rings is 2. The lowest BCUT2D eigenvalue weighted by atomic mass is 10.1. The van der Waals surface area contributed by atoms with Crippen LogP contribution in [0.25, 0.3) is 21.3 Å². The first-order chi connectivity index (χ1) is 17.1. The molecule has 2 aromatic heterocycles. The lowest BCUT2D eigenvalue weighted by Gasteiger charge is -2.24. The van der Waals surface area contributed by atoms with Crippen LogP contribution in [0.1, 0.15) is 5.82 Å². The van der Waals surface area contributed by atoms with Gasteiger partial charge in [-0.3, -0.25) is 9.69 Å². The van der Waals surface area contributed by atoms with Gasteiger partial charge in [-0.05, 0) is 29.8 Å². The summed E-state index contributed by atoms with van der Waals surface area (Å²) in [6, 6.07) is 17.0. The lowest BCUT2D eigenvalue weighted by molar-refractivity contribution is 0.0533. The number of ether oxygens (including phenoxy) is 3. The van der Waals surface area contributed by atoms with Crippen LogP contribution < -0.4 is 15.0 Å². The summed E-state index contributed by atoms with van der Waals surface area (Å²) in [4.78, 5) is 23.3. The summed E-state index contributed by atoms with van der Waals surface area (Å²) < 4.78 is 16.2. The molecule has 0 aliphatic heterocycles. The largest absolute Gasteiger partial charge is 0.497 e. The number of aliphatic hydroxyl groups excluding tert-OH is 1. The number of aromatic nitrogens is 2. The first-order valence-corrected chi connectivity index (χ1v) is 12.2. The zero-order chi connectivity index (χ0) is 24.6. The number of hydrogen-bond acceptors (Lipinski definition) is 8. The SMILES string of the molecule is COCCN(Cc1nc2scc(-c3cccc(OC)c3)c2c(=O)[nH]1)CC(O)COc1ccccc1. The number of methoxy groups -OCH3 is 2. The number of nitrogens with zero attached hydrogens (tertiary/aromatic N) is 2. The van der Waals surface area contributed by atoms with Gasteiger partial charge in [-0.2, -0.15) is 0 Å². The summed E-state index contributed by atoms with van der Waals surface area (Å²) in [5, 5.41) is 13.1. The van der Waals surface area contributed by atoms with Gasteiger partial charge in [0.25, 0.3) is 5.56 Å². The molecular formula is C26H29N3O5S. The molecule has 2 N–H and O–H groups in total. The predicted molar refractivity (Wildman–Crippen MR) is 137 cm³/mol. The quantitative estimate of drug-likeness (QED) is 0.310. The highest BCUT2D eigenvalue weighted by Gasteiger charge is 2.17. The fraction of sp³-hybridized carbons (Fsp3) is 0.308. The molecule has 8 nitrogen and oxygen atoms in total. The van der Waals surface area contributed by atoms with Crippen molar-refractivity contribution in [2.24, 2.45) is 0 Å². The maximum absolute atomic E-state index is 13.1. The van der Waals surface area contributed by atoms with E-state index >= 15 is 0 Å². The predicted octanol–water partition coefficient (Wildman–Crippen LogP) is 3.55. The maximum Gasteiger partial charge on any atom is 0.260 e. The van der Waals surface area contributed by atoms with Gasteiger partial charge in [0, 0.05) is 31.1 Å². The Balaban J connectivity index is 1.49. The fourth-order valence-corrected chi connectivity index (χ4v) is 4.77. The van der Waals surface area contributed by atoms with E-state index < -0.39 is 6.10 Å². The van der Waals surface area contributed by atoms with Crippen molar-refractivity contribution >= 4 is 21.6 Å². The molecule has 4 rings (SSSR count). The normalized spacial score (nSPS) is 12.2. The molecule has 0 bridgehead atoms. The second-order valence-electron chi connectivity index (χ2n) is 8.08. The van der Waals surface area contributed by atoms with Crippen LogP contribution in [0.5, 0.6) is 11.5 Å². The van der Waals surface area contributed by atoms with Gasteiger partial charge in [0.05, 0.1) is 25.6 Å². The molecule has 35 heavy (non-hydrogen) atoms. The molecule has 0 saturated carbocycles. The molecule has 0 aliphatic rings. The Morgan fingerprint density at radius 1 is 1.11 bits per heavy atom. The van der Waals surface area contributed by atoms with E-state index in [0.717, 1.165) is 16.9 Å². The lowest BCUT2D eigenvalue weighted by Crippen LogP contribution is -2.38. The van der Waals surface area contributed by atoms with Crippen molar-refractivity contribution in [2.45, 2.75) is 12.6 Å². The highest BCUT2D eigenvalue weighted by Crippen LogP contribution is 2.32. The molecule has 2 heterocycles. The third-order valence-electron chi connectivity index (χ3n) is 5.51. The van der Waals surface area contributed by atoms with Crippen molar-refractivity contribution in [1.29, 1.82) is 0 Å². The molecule has 0 amide bonds. The Bertz CT molecular complexity index is 1290. The van der Waals surface area contributed by atoms with Crippen LogP contribution in [0.3, 0.4) is 0 Å². The molecule has 0 spiro atoms. The van der Waals surface area contributed by atoms with Crippen molar-refractivity contribution in [2.75, 3.05) is 40.5 Å². The minimum Gasteiger partial charge on any atom is -0.497 e. The smallest absolute Gasteiger partial charge is 0.260 e. The average Bonchev–Trinajstić information content (AvgIpc) is 3.31. The van der Waals surface area contributed by atoms with E-state index in [0.29, 0.717) is 48.0 Å². The van der Waals surface area contributed by atoms with E-state index in [2.05, 4.69) is 4.98 Å². The number of fused-ring (bicyclic) bond motifs is 1. The number of H-pyrrole nitrogens is 1. The third-order valence-corrected chi connectivity index (χ3v) is 6.39. The van der Waals surface area contributed by atoms with E-state index in [4.69, 9.17) is 19.2 Å². The first-order valence-electron chi connectivity index (χ1n) is 11.3. The number of aliphatic hydroxyl groups is 1. The highest BCUT2D eigenvalue weighted by atomic mass is 32.1. The van der Waals surface area contributed by atoms with Gasteiger partial charge in [-0.25, -0.2) is 4.98 Å². The summed E-state index contributed by atoms with van der Waals surface area (Å²) in [7, 11) is 3.25. The molecule has 184 valence electrons. The number of rotatable bonds is 12. The molecule has 4 aromatic rings. The van der Waals surface area contributed by atoms with Crippen molar-refractivity contribution in [3.05, 3.63) is 76.2 Å². The van der Waals surface area contributed by atoms with Gasteiger partial charge in [-0.1, -0.05) is 30.3 Å². The van der Waals surface area contributed by atoms with E-state index in [-0.39, 0.29) is 12.2 Å². The number of para-hydroxylation sites is 1. The van der Waals surface area contributed by atoms with Gasteiger partial charge >= 0.3 is 0 Å². The molecule has 0 saturated heterocycles. The van der Waals surface area contributed by atoms with E-state index in [9.17, 15) is 9.90 Å². The molecule has 0 radical (unpaired) electrons. The second kappa shape index (κ2) is 11.9. The molecule has 2 aromatic carbocycles. The standard InChI is InChI=1S/C26H29N3O5S/c1-32-12-11-29(14-19(30)16-34-20-8-4-3-5-9-20)15-23-27-25(31)24-22(17-35-26(24)28-23)18-7-6-10-21(13-18)33-2/h3-10,13,17,19,30H,11-12,14-16H2,1-2H3,(H,27,28,31). The zero-order valence-electron chi connectivity index (χ0n) is 19.8. The summed E-state index contributed by atoms with van der Waals surface area (Å²) in [6.07, 6.45) is -0.719. The fourth-order valence-electron chi connectivity index (χ4n) is 3.80. The van der Waals surface area contributed by atoms with Crippen LogP contribution in [-0.4, -0.2) is 66.6 Å². The monoisotopic (exact) mass is 495 g/mol. The van der Waals surface area contributed by atoms with Crippen molar-refractivity contribution < 1.29 is 19.3 Å². The van der Waals surface area contributed by atoms with Crippen LogP contribution in [0.2, 0.25) is 0 Å². The first kappa shape index (κ1) is 24.9. The average molecular weight is 496 g/mol. The Kier molecular flexibility index (Phi) is 8.49. The van der Waals surface area contributed by atoms with E-state index in [1.807, 2.05) is 64.9 Å². The third kappa shape index (κ3) is 6.46. The van der Waals surface area contributed by atoms with E-state index in [1.165, 1.54) is 11.3 Å². The number of nitrogens with one attached hydrogen (secondary N) is 1. The summed E-state index contributed by atoms with van der Waals surface area (Å²) in [5.41, 5.74) is 1.54. The Morgan fingerprint density at radius 2 is 1.91 bits per heavy atom. The Hall–Kier alpha value is -3.24. The summed E-state index contributed by atoms with van der Waals surface area (Å²) in [6.45, 7) is 1.92. The van der Waals surface area contributed by atoms with Crippen LogP contribution in [0.4, 0.5) is 0 Å². The molecule has 1 atom stereocenters. The van der Waals surface area contributed by atoms with Gasteiger partial charge in [0.15, 0.2) is 0 Å². The molecular weight excluding hydrogens is 466 g/mol.